The number of rotatable bonds is 4. The number of carbonyl (C=O) groups excluding carboxylic acids is 2. The summed E-state index contributed by atoms with van der Waals surface area (Å²) in [5.74, 6) is 1.07. The van der Waals surface area contributed by atoms with E-state index in [1.807, 2.05) is 0 Å². The van der Waals surface area contributed by atoms with E-state index in [4.69, 9.17) is 0 Å². The van der Waals surface area contributed by atoms with Gasteiger partial charge in [-0.2, -0.15) is 25.3 Å². The average molecular weight is 242 g/mol. The molecule has 0 rings (SSSR count). The summed E-state index contributed by atoms with van der Waals surface area (Å²) < 4.78 is 0. The van der Waals surface area contributed by atoms with E-state index >= 15 is 0 Å². The molecule has 0 aromatic carbocycles. The zero-order valence-electron chi connectivity index (χ0n) is 6.36. The first-order valence-electron chi connectivity index (χ1n) is 3.32. The van der Waals surface area contributed by atoms with Gasteiger partial charge < -0.3 is 0 Å². The van der Waals surface area contributed by atoms with E-state index in [0.717, 1.165) is 21.6 Å². The van der Waals surface area contributed by atoms with Crippen LogP contribution in [0.25, 0.3) is 0 Å². The lowest BCUT2D eigenvalue weighted by atomic mass is 10.5. The van der Waals surface area contributed by atoms with Crippen LogP contribution in [-0.4, -0.2) is 21.7 Å². The predicted molar refractivity (Wildman–Crippen MR) is 62.1 cm³/mol. The highest BCUT2D eigenvalue weighted by Gasteiger charge is 2.06. The van der Waals surface area contributed by atoms with Gasteiger partial charge in [0.2, 0.25) is 10.2 Å². The lowest BCUT2D eigenvalue weighted by molar-refractivity contribution is -0.111. The van der Waals surface area contributed by atoms with Gasteiger partial charge in [-0.25, -0.2) is 0 Å². The highest BCUT2D eigenvalue weighted by molar-refractivity contribution is 8.87. The van der Waals surface area contributed by atoms with Crippen molar-refractivity contribution in [3.05, 3.63) is 0 Å². The largest absolute Gasteiger partial charge is 0.286 e. The van der Waals surface area contributed by atoms with Crippen LogP contribution in [0.3, 0.4) is 0 Å². The van der Waals surface area contributed by atoms with Crippen molar-refractivity contribution in [3.63, 3.8) is 0 Å². The summed E-state index contributed by atoms with van der Waals surface area (Å²) in [5.41, 5.74) is 0. The summed E-state index contributed by atoms with van der Waals surface area (Å²) in [4.78, 5) is 21.7. The Labute approximate surface area is 90.8 Å². The number of carbonyl (C=O) groups is 2. The molecule has 0 bridgehead atoms. The van der Waals surface area contributed by atoms with Gasteiger partial charge in [-0.3, -0.25) is 9.59 Å². The van der Waals surface area contributed by atoms with Gasteiger partial charge in [-0.05, 0) is 33.1 Å². The first kappa shape index (κ1) is 12.7. The third-order valence-corrected chi connectivity index (χ3v) is 3.54. The van der Waals surface area contributed by atoms with Gasteiger partial charge in [-0.1, -0.05) is 0 Å². The molecule has 0 saturated heterocycles. The van der Waals surface area contributed by atoms with E-state index in [2.05, 4.69) is 25.3 Å². The fourth-order valence-corrected chi connectivity index (χ4v) is 2.68. The van der Waals surface area contributed by atoms with Crippen LogP contribution >= 0.6 is 46.8 Å². The first-order valence-corrected chi connectivity index (χ1v) is 6.74. The Morgan fingerprint density at radius 3 is 1.50 bits per heavy atom. The van der Waals surface area contributed by atoms with Crippen molar-refractivity contribution >= 4 is 57.1 Å². The quantitative estimate of drug-likeness (QED) is 0.584. The van der Waals surface area contributed by atoms with Gasteiger partial charge in [-0.15, -0.1) is 0 Å². The Morgan fingerprint density at radius 1 is 0.917 bits per heavy atom. The number of hydrogen-bond acceptors (Lipinski definition) is 6. The Morgan fingerprint density at radius 2 is 1.25 bits per heavy atom. The van der Waals surface area contributed by atoms with Crippen LogP contribution in [0.15, 0.2) is 0 Å². The van der Waals surface area contributed by atoms with Gasteiger partial charge in [0, 0.05) is 12.8 Å². The maximum absolute atomic E-state index is 10.9. The van der Waals surface area contributed by atoms with Crippen molar-refractivity contribution in [2.45, 2.75) is 12.8 Å². The number of thiol groups is 2. The van der Waals surface area contributed by atoms with E-state index in [0.29, 0.717) is 24.3 Å². The van der Waals surface area contributed by atoms with Crippen molar-refractivity contribution < 1.29 is 9.59 Å². The monoisotopic (exact) mass is 242 g/mol. The summed E-state index contributed by atoms with van der Waals surface area (Å²) in [6.45, 7) is 0. The van der Waals surface area contributed by atoms with E-state index in [1.54, 1.807) is 0 Å². The second-order valence-electron chi connectivity index (χ2n) is 1.86. The van der Waals surface area contributed by atoms with Crippen molar-refractivity contribution in [1.29, 1.82) is 0 Å². The second-order valence-corrected chi connectivity index (χ2v) is 5.00. The van der Waals surface area contributed by atoms with Gasteiger partial charge in [0.1, 0.15) is 0 Å². The van der Waals surface area contributed by atoms with Crippen LogP contribution < -0.4 is 0 Å². The molecule has 6 heteroatoms. The Bertz CT molecular complexity index is 142. The van der Waals surface area contributed by atoms with E-state index in [1.165, 1.54) is 0 Å². The van der Waals surface area contributed by atoms with Crippen LogP contribution in [0.1, 0.15) is 12.8 Å². The minimum absolute atomic E-state index is 0.00233. The summed E-state index contributed by atoms with van der Waals surface area (Å²) in [6, 6.07) is 0. The molecule has 2 nitrogen and oxygen atoms in total. The Balaban J connectivity index is 3.40. The van der Waals surface area contributed by atoms with Gasteiger partial charge in [0.15, 0.2) is 0 Å². The van der Waals surface area contributed by atoms with Gasteiger partial charge >= 0.3 is 0 Å². The third-order valence-electron chi connectivity index (χ3n) is 0.859. The van der Waals surface area contributed by atoms with E-state index < -0.39 is 0 Å². The molecule has 0 aliphatic rings. The fourth-order valence-electron chi connectivity index (χ4n) is 0.359. The molecule has 12 heavy (non-hydrogen) atoms. The maximum atomic E-state index is 10.9. The van der Waals surface area contributed by atoms with Crippen LogP contribution in [0.5, 0.6) is 0 Å². The fraction of sp³-hybridized carbons (Fsp3) is 0.667. The minimum atomic E-state index is 0.00233. The van der Waals surface area contributed by atoms with E-state index in [-0.39, 0.29) is 10.2 Å². The average Bonchev–Trinajstić information content (AvgIpc) is 2.02. The Kier molecular flexibility index (Phi) is 8.86. The molecule has 0 fully saturated rings. The van der Waals surface area contributed by atoms with Crippen LogP contribution in [0, 0.1) is 0 Å². The summed E-state index contributed by atoms with van der Waals surface area (Å²) in [7, 11) is 1.99. The zero-order valence-corrected chi connectivity index (χ0v) is 9.78. The molecule has 0 saturated carbocycles. The summed E-state index contributed by atoms with van der Waals surface area (Å²) in [5, 5.41) is 0.00466. The molecule has 0 aliphatic carbocycles. The van der Waals surface area contributed by atoms with Crippen LogP contribution in [0.2, 0.25) is 0 Å². The molecular weight excluding hydrogens is 232 g/mol. The third kappa shape index (κ3) is 7.39. The second kappa shape index (κ2) is 8.34. The van der Waals surface area contributed by atoms with Gasteiger partial charge in [0.05, 0.1) is 0 Å². The highest BCUT2D eigenvalue weighted by atomic mass is 33.1. The van der Waals surface area contributed by atoms with Crippen molar-refractivity contribution in [2.75, 3.05) is 11.5 Å². The van der Waals surface area contributed by atoms with E-state index in [9.17, 15) is 9.59 Å². The molecule has 0 atom stereocenters. The molecule has 0 N–H and O–H groups in total. The number of hydrogen-bond donors (Lipinski definition) is 2. The molecule has 0 radical (unpaired) electrons. The highest BCUT2D eigenvalue weighted by Crippen LogP contribution is 2.25. The molecule has 70 valence electrons. The predicted octanol–water partition coefficient (Wildman–Crippen LogP) is 2.06. The van der Waals surface area contributed by atoms with Gasteiger partial charge in [0.25, 0.3) is 0 Å². The molecule has 0 unspecified atom stereocenters. The standard InChI is InChI=1S/C6H10O2S4/c7-5(1-3-9)11-12-6(8)2-4-10/h9-10H,1-4H2. The molecule has 0 spiro atoms. The van der Waals surface area contributed by atoms with Crippen molar-refractivity contribution in [1.82, 2.24) is 0 Å². The molecular formula is C6H10O2S4. The van der Waals surface area contributed by atoms with Crippen molar-refractivity contribution in [3.8, 4) is 0 Å². The van der Waals surface area contributed by atoms with Crippen LogP contribution in [0.4, 0.5) is 0 Å². The van der Waals surface area contributed by atoms with Crippen LogP contribution in [-0.2, 0) is 9.59 Å². The minimum Gasteiger partial charge on any atom is -0.286 e. The molecule has 0 aliphatic heterocycles. The molecule has 0 amide bonds. The Hall–Kier alpha value is 0.740. The lowest BCUT2D eigenvalue weighted by Gasteiger charge is -1.95. The SMILES string of the molecule is O=C(CCS)SSC(=O)CCS. The lowest BCUT2D eigenvalue weighted by Crippen LogP contribution is -1.94. The molecule has 0 aromatic rings. The normalized spacial score (nSPS) is 9.83. The summed E-state index contributed by atoms with van der Waals surface area (Å²) >= 11 is 7.81. The first-order chi connectivity index (χ1) is 5.70. The maximum Gasteiger partial charge on any atom is 0.200 e. The van der Waals surface area contributed by atoms with Crippen molar-refractivity contribution in [2.24, 2.45) is 0 Å². The summed E-state index contributed by atoms with van der Waals surface area (Å²) in [6.07, 6.45) is 0.823. The smallest absolute Gasteiger partial charge is 0.200 e. The molecule has 0 heterocycles. The zero-order chi connectivity index (χ0) is 9.40. The topological polar surface area (TPSA) is 34.1 Å². The molecule has 0 aromatic heterocycles.